The Balaban J connectivity index is 2.03. The summed E-state index contributed by atoms with van der Waals surface area (Å²) in [6.45, 7) is 9.27. The van der Waals surface area contributed by atoms with E-state index < -0.39 is 0 Å². The molecule has 2 aromatic rings. The Kier molecular flexibility index (Phi) is 6.89. The molecule has 0 aromatic heterocycles. The molecule has 0 spiro atoms. The number of hydrogen-bond donors (Lipinski definition) is 1. The van der Waals surface area contributed by atoms with Crippen LogP contribution in [0.2, 0.25) is 0 Å². The maximum absolute atomic E-state index is 5.72. The zero-order valence-corrected chi connectivity index (χ0v) is 14.8. The second kappa shape index (κ2) is 9.14. The van der Waals surface area contributed by atoms with E-state index in [0.717, 1.165) is 30.0 Å². The molecule has 2 rings (SSSR count). The van der Waals surface area contributed by atoms with Gasteiger partial charge >= 0.3 is 0 Å². The van der Waals surface area contributed by atoms with Gasteiger partial charge in [-0.15, -0.1) is 0 Å². The van der Waals surface area contributed by atoms with E-state index in [1.807, 2.05) is 25.1 Å². The van der Waals surface area contributed by atoms with E-state index in [0.29, 0.717) is 12.6 Å². The summed E-state index contributed by atoms with van der Waals surface area (Å²) in [6, 6.07) is 16.9. The van der Waals surface area contributed by atoms with Crippen LogP contribution in [0.3, 0.4) is 0 Å². The second-order valence-electron chi connectivity index (χ2n) is 5.98. The van der Waals surface area contributed by atoms with Gasteiger partial charge in [0.25, 0.3) is 0 Å². The Hall–Kier alpha value is -2.26. The molecular weight excluding hydrogens is 298 g/mol. The van der Waals surface area contributed by atoms with Crippen LogP contribution in [0.5, 0.6) is 11.5 Å². The molecular formula is C21H27NO2. The van der Waals surface area contributed by atoms with Crippen molar-refractivity contribution >= 4 is 0 Å². The van der Waals surface area contributed by atoms with Crippen molar-refractivity contribution in [3.63, 3.8) is 0 Å². The van der Waals surface area contributed by atoms with Gasteiger partial charge in [0.05, 0.1) is 7.11 Å². The van der Waals surface area contributed by atoms with E-state index in [2.05, 4.69) is 49.2 Å². The van der Waals surface area contributed by atoms with Crippen molar-refractivity contribution in [3.05, 3.63) is 71.8 Å². The number of benzene rings is 2. The molecule has 2 aromatic carbocycles. The summed E-state index contributed by atoms with van der Waals surface area (Å²) in [5.74, 6) is 1.50. The van der Waals surface area contributed by atoms with Crippen LogP contribution in [0, 0.1) is 0 Å². The van der Waals surface area contributed by atoms with Crippen molar-refractivity contribution in [1.29, 1.82) is 0 Å². The van der Waals surface area contributed by atoms with Crippen molar-refractivity contribution in [3.8, 4) is 11.5 Å². The summed E-state index contributed by atoms with van der Waals surface area (Å²) >= 11 is 0. The lowest BCUT2D eigenvalue weighted by atomic mass is 10.0. The van der Waals surface area contributed by atoms with Gasteiger partial charge in [0.1, 0.15) is 6.61 Å². The molecule has 128 valence electrons. The maximum atomic E-state index is 5.72. The fourth-order valence-corrected chi connectivity index (χ4v) is 2.57. The molecule has 0 aliphatic heterocycles. The van der Waals surface area contributed by atoms with Crippen LogP contribution in [-0.4, -0.2) is 13.7 Å². The van der Waals surface area contributed by atoms with Crippen LogP contribution >= 0.6 is 0 Å². The first-order chi connectivity index (χ1) is 11.6. The molecule has 0 fully saturated rings. The van der Waals surface area contributed by atoms with Crippen LogP contribution in [0.4, 0.5) is 0 Å². The largest absolute Gasteiger partial charge is 0.493 e. The molecule has 0 aliphatic rings. The third-order valence-electron chi connectivity index (χ3n) is 3.86. The van der Waals surface area contributed by atoms with Crippen LogP contribution in [0.25, 0.3) is 0 Å². The molecule has 0 amide bonds. The molecule has 3 heteroatoms. The van der Waals surface area contributed by atoms with E-state index in [1.165, 1.54) is 11.1 Å². The topological polar surface area (TPSA) is 30.5 Å². The first kappa shape index (κ1) is 18.1. The average molecular weight is 325 g/mol. The first-order valence-corrected chi connectivity index (χ1v) is 8.36. The van der Waals surface area contributed by atoms with Crippen molar-refractivity contribution < 1.29 is 9.47 Å². The van der Waals surface area contributed by atoms with Gasteiger partial charge in [-0.3, -0.25) is 0 Å². The second-order valence-corrected chi connectivity index (χ2v) is 5.98. The summed E-state index contributed by atoms with van der Waals surface area (Å²) in [7, 11) is 1.67. The van der Waals surface area contributed by atoms with E-state index in [9.17, 15) is 0 Å². The minimum Gasteiger partial charge on any atom is -0.493 e. The Morgan fingerprint density at radius 1 is 1.12 bits per heavy atom. The number of methoxy groups -OCH3 is 1. The van der Waals surface area contributed by atoms with Gasteiger partial charge in [0.15, 0.2) is 11.5 Å². The number of hydrogen-bond acceptors (Lipinski definition) is 3. The van der Waals surface area contributed by atoms with Crippen molar-refractivity contribution in [2.24, 2.45) is 0 Å². The lowest BCUT2D eigenvalue weighted by Crippen LogP contribution is -2.20. The van der Waals surface area contributed by atoms with Gasteiger partial charge in [-0.05, 0) is 42.2 Å². The summed E-state index contributed by atoms with van der Waals surface area (Å²) in [5, 5.41) is 3.61. The van der Waals surface area contributed by atoms with Crippen molar-refractivity contribution in [2.75, 3.05) is 13.7 Å². The molecule has 0 bridgehead atoms. The molecule has 1 atom stereocenters. The van der Waals surface area contributed by atoms with Gasteiger partial charge in [-0.25, -0.2) is 0 Å². The van der Waals surface area contributed by atoms with E-state index in [-0.39, 0.29) is 0 Å². The Morgan fingerprint density at radius 3 is 2.50 bits per heavy atom. The van der Waals surface area contributed by atoms with Gasteiger partial charge in [-0.2, -0.15) is 0 Å². The molecule has 24 heavy (non-hydrogen) atoms. The predicted octanol–water partition coefficient (Wildman–Crippen LogP) is 4.89. The van der Waals surface area contributed by atoms with Gasteiger partial charge in [0.2, 0.25) is 0 Å². The Morgan fingerprint density at radius 2 is 1.88 bits per heavy atom. The monoisotopic (exact) mass is 325 g/mol. The van der Waals surface area contributed by atoms with Crippen molar-refractivity contribution in [1.82, 2.24) is 5.32 Å². The zero-order chi connectivity index (χ0) is 17.4. The number of ether oxygens (including phenoxy) is 2. The van der Waals surface area contributed by atoms with Crippen LogP contribution in [0.1, 0.15) is 37.4 Å². The highest BCUT2D eigenvalue weighted by atomic mass is 16.5. The molecule has 0 radical (unpaired) electrons. The zero-order valence-electron chi connectivity index (χ0n) is 14.8. The molecule has 1 N–H and O–H groups in total. The normalized spacial score (nSPS) is 11.8. The van der Waals surface area contributed by atoms with Crippen LogP contribution in [-0.2, 0) is 6.54 Å². The smallest absolute Gasteiger partial charge is 0.161 e. The minimum atomic E-state index is 0.344. The van der Waals surface area contributed by atoms with E-state index >= 15 is 0 Å². The SMILES string of the molecule is C=C(C)COc1ccc(CNC(CC)c2ccccc2)cc1OC. The van der Waals surface area contributed by atoms with Gasteiger partial charge < -0.3 is 14.8 Å². The lowest BCUT2D eigenvalue weighted by Gasteiger charge is -2.18. The predicted molar refractivity (Wildman–Crippen MR) is 99.6 cm³/mol. The molecule has 1 unspecified atom stereocenters. The third kappa shape index (κ3) is 5.14. The highest BCUT2D eigenvalue weighted by Gasteiger charge is 2.10. The summed E-state index contributed by atoms with van der Waals surface area (Å²) < 4.78 is 11.2. The van der Waals surface area contributed by atoms with E-state index in [1.54, 1.807) is 7.11 Å². The Labute approximate surface area is 145 Å². The van der Waals surface area contributed by atoms with Crippen molar-refractivity contribution in [2.45, 2.75) is 32.9 Å². The van der Waals surface area contributed by atoms with Gasteiger partial charge in [-0.1, -0.05) is 49.9 Å². The number of nitrogens with one attached hydrogen (secondary N) is 1. The maximum Gasteiger partial charge on any atom is 0.161 e. The summed E-state index contributed by atoms with van der Waals surface area (Å²) in [6.07, 6.45) is 1.04. The highest BCUT2D eigenvalue weighted by molar-refractivity contribution is 5.43. The van der Waals surface area contributed by atoms with E-state index in [4.69, 9.17) is 9.47 Å². The molecule has 0 saturated carbocycles. The number of rotatable bonds is 9. The average Bonchev–Trinajstić information content (AvgIpc) is 2.61. The summed E-state index contributed by atoms with van der Waals surface area (Å²) in [4.78, 5) is 0. The fourth-order valence-electron chi connectivity index (χ4n) is 2.57. The highest BCUT2D eigenvalue weighted by Crippen LogP contribution is 2.28. The standard InChI is InChI=1S/C21H27NO2/c1-5-19(18-9-7-6-8-10-18)22-14-17-11-12-20(21(13-17)23-4)24-15-16(2)3/h6-13,19,22H,2,5,14-15H2,1,3-4H3. The molecule has 0 aliphatic carbocycles. The molecule has 0 saturated heterocycles. The summed E-state index contributed by atoms with van der Waals surface area (Å²) in [5.41, 5.74) is 3.47. The first-order valence-electron chi connectivity index (χ1n) is 8.36. The lowest BCUT2D eigenvalue weighted by molar-refractivity contribution is 0.319. The molecule has 3 nitrogen and oxygen atoms in total. The fraction of sp³-hybridized carbons (Fsp3) is 0.333. The van der Waals surface area contributed by atoms with Crippen LogP contribution in [0.15, 0.2) is 60.7 Å². The quantitative estimate of drug-likeness (QED) is 0.666. The van der Waals surface area contributed by atoms with Gasteiger partial charge in [0, 0.05) is 12.6 Å². The van der Waals surface area contributed by atoms with Crippen LogP contribution < -0.4 is 14.8 Å². The minimum absolute atomic E-state index is 0.344. The third-order valence-corrected chi connectivity index (χ3v) is 3.86. The Bertz CT molecular complexity index is 652. The molecule has 0 heterocycles.